The minimum atomic E-state index is -4.51. The lowest BCUT2D eigenvalue weighted by Gasteiger charge is -2.33. The zero-order valence-corrected chi connectivity index (χ0v) is 14.5. The molecule has 3 N–H and O–H groups in total. The topological polar surface area (TPSA) is 75.4 Å². The maximum absolute atomic E-state index is 13.4. The molecule has 1 aromatic carbocycles. The first kappa shape index (κ1) is 20.2. The highest BCUT2D eigenvalue weighted by atomic mass is 19.4. The zero-order chi connectivity index (χ0) is 19.2. The summed E-state index contributed by atoms with van der Waals surface area (Å²) in [6.07, 6.45) is -3.95. The molecule has 26 heavy (non-hydrogen) atoms. The number of alkyl halides is 3. The van der Waals surface area contributed by atoms with E-state index >= 15 is 0 Å². The van der Waals surface area contributed by atoms with Gasteiger partial charge in [0.15, 0.2) is 0 Å². The molecule has 1 heterocycles. The van der Waals surface area contributed by atoms with Crippen LogP contribution in [-0.4, -0.2) is 49.1 Å². The highest BCUT2D eigenvalue weighted by molar-refractivity contribution is 5.81. The van der Waals surface area contributed by atoms with Gasteiger partial charge >= 0.3 is 6.18 Å². The summed E-state index contributed by atoms with van der Waals surface area (Å²) >= 11 is 0. The van der Waals surface area contributed by atoms with Crippen LogP contribution in [0.4, 0.5) is 13.2 Å². The summed E-state index contributed by atoms with van der Waals surface area (Å²) in [5, 5.41) is 2.67. The summed E-state index contributed by atoms with van der Waals surface area (Å²) in [4.78, 5) is 25.9. The molecule has 0 aromatic heterocycles. The average molecular weight is 371 g/mol. The molecule has 2 rings (SSSR count). The minimum Gasteiger partial charge on any atom is -0.355 e. The van der Waals surface area contributed by atoms with Crippen LogP contribution in [0.5, 0.6) is 0 Å². The SMILES string of the molecule is NCCNC(=O)C1CCCN(C(=O)CC(c2ccccc2)C(F)(F)F)C1. The van der Waals surface area contributed by atoms with Crippen molar-refractivity contribution in [1.29, 1.82) is 0 Å². The third kappa shape index (κ3) is 5.45. The van der Waals surface area contributed by atoms with Gasteiger partial charge in [0.25, 0.3) is 0 Å². The van der Waals surface area contributed by atoms with Crippen molar-refractivity contribution < 1.29 is 22.8 Å². The van der Waals surface area contributed by atoms with E-state index in [1.165, 1.54) is 29.2 Å². The lowest BCUT2D eigenvalue weighted by molar-refractivity contribution is -0.161. The third-order valence-electron chi connectivity index (χ3n) is 4.56. The van der Waals surface area contributed by atoms with Crippen molar-refractivity contribution >= 4 is 11.8 Å². The molecule has 144 valence electrons. The van der Waals surface area contributed by atoms with E-state index in [1.807, 2.05) is 0 Å². The second-order valence-corrected chi connectivity index (χ2v) is 6.47. The van der Waals surface area contributed by atoms with E-state index in [9.17, 15) is 22.8 Å². The van der Waals surface area contributed by atoms with E-state index in [0.29, 0.717) is 32.5 Å². The van der Waals surface area contributed by atoms with E-state index in [1.54, 1.807) is 6.07 Å². The smallest absolute Gasteiger partial charge is 0.355 e. The largest absolute Gasteiger partial charge is 0.396 e. The van der Waals surface area contributed by atoms with Crippen molar-refractivity contribution in [3.05, 3.63) is 35.9 Å². The van der Waals surface area contributed by atoms with Crippen LogP contribution in [0.1, 0.15) is 30.7 Å². The van der Waals surface area contributed by atoms with Crippen LogP contribution in [0.25, 0.3) is 0 Å². The molecule has 0 radical (unpaired) electrons. The Kier molecular flexibility index (Phi) is 7.02. The molecule has 1 aromatic rings. The van der Waals surface area contributed by atoms with Gasteiger partial charge in [-0.25, -0.2) is 0 Å². The Morgan fingerprint density at radius 3 is 2.58 bits per heavy atom. The number of rotatable bonds is 6. The van der Waals surface area contributed by atoms with Crippen LogP contribution < -0.4 is 11.1 Å². The highest BCUT2D eigenvalue weighted by Crippen LogP contribution is 2.38. The van der Waals surface area contributed by atoms with Crippen molar-refractivity contribution in [3.63, 3.8) is 0 Å². The number of nitrogens with zero attached hydrogens (tertiary/aromatic N) is 1. The van der Waals surface area contributed by atoms with Crippen LogP contribution in [0.15, 0.2) is 30.3 Å². The number of amides is 2. The number of halogens is 3. The Bertz CT molecular complexity index is 607. The molecule has 2 amide bonds. The molecular weight excluding hydrogens is 347 g/mol. The van der Waals surface area contributed by atoms with Gasteiger partial charge in [-0.15, -0.1) is 0 Å². The maximum atomic E-state index is 13.4. The molecular formula is C18H24F3N3O2. The molecule has 2 atom stereocenters. The van der Waals surface area contributed by atoms with Crippen molar-refractivity contribution in [1.82, 2.24) is 10.2 Å². The Balaban J connectivity index is 2.03. The first-order chi connectivity index (χ1) is 12.3. The molecule has 0 spiro atoms. The lowest BCUT2D eigenvalue weighted by atomic mass is 9.92. The molecule has 5 nitrogen and oxygen atoms in total. The number of carbonyl (C=O) groups is 2. The first-order valence-electron chi connectivity index (χ1n) is 8.70. The van der Waals surface area contributed by atoms with E-state index in [2.05, 4.69) is 5.32 Å². The van der Waals surface area contributed by atoms with Crippen LogP contribution in [-0.2, 0) is 9.59 Å². The number of nitrogens with one attached hydrogen (secondary N) is 1. The van der Waals surface area contributed by atoms with Crippen molar-refractivity contribution in [2.45, 2.75) is 31.4 Å². The van der Waals surface area contributed by atoms with Crippen LogP contribution in [0.3, 0.4) is 0 Å². The fourth-order valence-corrected chi connectivity index (χ4v) is 3.17. The predicted molar refractivity (Wildman–Crippen MR) is 91.2 cm³/mol. The van der Waals surface area contributed by atoms with E-state index in [4.69, 9.17) is 5.73 Å². The van der Waals surface area contributed by atoms with Gasteiger partial charge in [-0.05, 0) is 18.4 Å². The van der Waals surface area contributed by atoms with Crippen LogP contribution >= 0.6 is 0 Å². The monoisotopic (exact) mass is 371 g/mol. The Morgan fingerprint density at radius 2 is 1.96 bits per heavy atom. The summed E-state index contributed by atoms with van der Waals surface area (Å²) in [6, 6.07) is 7.44. The van der Waals surface area contributed by atoms with E-state index in [0.717, 1.165) is 0 Å². The lowest BCUT2D eigenvalue weighted by Crippen LogP contribution is -2.46. The third-order valence-corrected chi connectivity index (χ3v) is 4.56. The summed E-state index contributed by atoms with van der Waals surface area (Å²) < 4.78 is 40.3. The van der Waals surface area contributed by atoms with Gasteiger partial charge in [0, 0.05) is 32.6 Å². The Hall–Kier alpha value is -2.09. The number of carbonyl (C=O) groups excluding carboxylic acids is 2. The molecule has 8 heteroatoms. The molecule has 1 aliphatic heterocycles. The van der Waals surface area contributed by atoms with Gasteiger partial charge in [0.1, 0.15) is 0 Å². The fourth-order valence-electron chi connectivity index (χ4n) is 3.17. The summed E-state index contributed by atoms with van der Waals surface area (Å²) in [5.41, 5.74) is 5.42. The molecule has 0 saturated carbocycles. The van der Waals surface area contributed by atoms with E-state index < -0.39 is 30.3 Å². The standard InChI is InChI=1S/C18H24F3N3O2/c19-18(20,21)15(13-5-2-1-3-6-13)11-16(25)24-10-4-7-14(12-24)17(26)23-9-8-22/h1-3,5-6,14-15H,4,7-12,22H2,(H,23,26). The van der Waals surface area contributed by atoms with E-state index in [-0.39, 0.29) is 18.0 Å². The fraction of sp³-hybridized carbons (Fsp3) is 0.556. The summed E-state index contributed by atoms with van der Waals surface area (Å²) in [5.74, 6) is -3.03. The Morgan fingerprint density at radius 1 is 1.27 bits per heavy atom. The normalized spacial score (nSPS) is 19.1. The molecule has 0 aliphatic carbocycles. The number of piperidine rings is 1. The van der Waals surface area contributed by atoms with Crippen molar-refractivity contribution in [2.24, 2.45) is 11.7 Å². The molecule has 1 fully saturated rings. The molecule has 0 bridgehead atoms. The van der Waals surface area contributed by atoms with Crippen LogP contribution in [0, 0.1) is 5.92 Å². The second kappa shape index (κ2) is 9.02. The number of likely N-dealkylation sites (tertiary alicyclic amines) is 1. The number of hydrogen-bond acceptors (Lipinski definition) is 3. The first-order valence-corrected chi connectivity index (χ1v) is 8.70. The number of nitrogens with two attached hydrogens (primary N) is 1. The van der Waals surface area contributed by atoms with Crippen molar-refractivity contribution in [3.8, 4) is 0 Å². The van der Waals surface area contributed by atoms with Gasteiger partial charge in [0.05, 0.1) is 11.8 Å². The van der Waals surface area contributed by atoms with Gasteiger partial charge in [-0.3, -0.25) is 9.59 Å². The second-order valence-electron chi connectivity index (χ2n) is 6.47. The van der Waals surface area contributed by atoms with Crippen molar-refractivity contribution in [2.75, 3.05) is 26.2 Å². The van der Waals surface area contributed by atoms with Gasteiger partial charge in [-0.1, -0.05) is 30.3 Å². The number of hydrogen-bond donors (Lipinski definition) is 2. The maximum Gasteiger partial charge on any atom is 0.396 e. The minimum absolute atomic E-state index is 0.0719. The summed E-state index contributed by atoms with van der Waals surface area (Å²) in [6.45, 7) is 1.17. The molecule has 2 unspecified atom stereocenters. The summed E-state index contributed by atoms with van der Waals surface area (Å²) in [7, 11) is 0. The Labute approximate surface area is 150 Å². The predicted octanol–water partition coefficient (Wildman–Crippen LogP) is 2.04. The molecule has 1 saturated heterocycles. The van der Waals surface area contributed by atoms with Gasteiger partial charge in [-0.2, -0.15) is 13.2 Å². The molecule has 1 aliphatic rings. The zero-order valence-electron chi connectivity index (χ0n) is 14.5. The number of benzene rings is 1. The van der Waals surface area contributed by atoms with Gasteiger partial charge < -0.3 is 16.0 Å². The van der Waals surface area contributed by atoms with Gasteiger partial charge in [0.2, 0.25) is 11.8 Å². The van der Waals surface area contributed by atoms with Crippen LogP contribution in [0.2, 0.25) is 0 Å². The average Bonchev–Trinajstić information content (AvgIpc) is 2.63. The highest BCUT2D eigenvalue weighted by Gasteiger charge is 2.43. The quantitative estimate of drug-likeness (QED) is 0.804.